The number of halogens is 2. The predicted molar refractivity (Wildman–Crippen MR) is 79.7 cm³/mol. The first-order chi connectivity index (χ1) is 10.2. The number of benzene rings is 2. The molecule has 0 aromatic heterocycles. The number of nitrogens with one attached hydrogen (secondary N) is 1. The summed E-state index contributed by atoms with van der Waals surface area (Å²) in [7, 11) is -4.13. The Morgan fingerprint density at radius 1 is 1.23 bits per heavy atom. The SMILES string of the molecule is Nc1ccc(NS(=O)(=O)c2ccc(F)cc2Cl)cc1[N+](=O)[O-]. The molecule has 2 aromatic rings. The van der Waals surface area contributed by atoms with Crippen molar-refractivity contribution >= 4 is 38.7 Å². The Balaban J connectivity index is 2.41. The first-order valence-corrected chi connectivity index (χ1v) is 7.58. The summed E-state index contributed by atoms with van der Waals surface area (Å²) in [4.78, 5) is 9.70. The summed E-state index contributed by atoms with van der Waals surface area (Å²) in [5.74, 6) is -0.688. The Morgan fingerprint density at radius 3 is 2.50 bits per heavy atom. The molecule has 116 valence electrons. The zero-order valence-corrected chi connectivity index (χ0v) is 12.4. The number of nitrogens with zero attached hydrogens (tertiary/aromatic N) is 1. The number of sulfonamides is 1. The van der Waals surface area contributed by atoms with Gasteiger partial charge in [0.05, 0.1) is 15.6 Å². The lowest BCUT2D eigenvalue weighted by Crippen LogP contribution is -2.14. The average molecular weight is 346 g/mol. The Kier molecular flexibility index (Phi) is 4.20. The van der Waals surface area contributed by atoms with E-state index in [4.69, 9.17) is 17.3 Å². The highest BCUT2D eigenvalue weighted by molar-refractivity contribution is 7.92. The molecule has 10 heteroatoms. The quantitative estimate of drug-likeness (QED) is 0.502. The molecule has 0 saturated carbocycles. The number of hydrogen-bond acceptors (Lipinski definition) is 5. The number of nitrogens with two attached hydrogens (primary N) is 1. The zero-order valence-electron chi connectivity index (χ0n) is 10.8. The van der Waals surface area contributed by atoms with Crippen LogP contribution in [0.3, 0.4) is 0 Å². The number of anilines is 2. The fourth-order valence-corrected chi connectivity index (χ4v) is 3.25. The smallest absolute Gasteiger partial charge is 0.294 e. The maximum absolute atomic E-state index is 13.0. The minimum absolute atomic E-state index is 0.0682. The normalized spacial score (nSPS) is 11.2. The molecule has 0 fully saturated rings. The lowest BCUT2D eigenvalue weighted by Gasteiger charge is -2.10. The molecule has 0 unspecified atom stereocenters. The van der Waals surface area contributed by atoms with E-state index >= 15 is 0 Å². The van der Waals surface area contributed by atoms with Gasteiger partial charge in [0.1, 0.15) is 16.4 Å². The molecule has 0 radical (unpaired) electrons. The summed E-state index contributed by atoms with van der Waals surface area (Å²) < 4.78 is 39.4. The molecule has 0 spiro atoms. The van der Waals surface area contributed by atoms with Crippen molar-refractivity contribution in [2.45, 2.75) is 4.90 Å². The van der Waals surface area contributed by atoms with Crippen LogP contribution in [0.2, 0.25) is 5.02 Å². The van der Waals surface area contributed by atoms with Gasteiger partial charge in [-0.1, -0.05) is 11.6 Å². The van der Waals surface area contributed by atoms with Crippen molar-refractivity contribution < 1.29 is 17.7 Å². The van der Waals surface area contributed by atoms with Gasteiger partial charge in [0.2, 0.25) is 0 Å². The molecule has 0 bridgehead atoms. The Labute approximate surface area is 129 Å². The molecular weight excluding hydrogens is 337 g/mol. The van der Waals surface area contributed by atoms with Crippen LogP contribution in [0.5, 0.6) is 0 Å². The lowest BCUT2D eigenvalue weighted by molar-refractivity contribution is -0.383. The number of rotatable bonds is 4. The number of nitro benzene ring substituents is 1. The molecule has 0 atom stereocenters. The summed E-state index contributed by atoms with van der Waals surface area (Å²) in [6.07, 6.45) is 0. The first-order valence-electron chi connectivity index (χ1n) is 5.72. The maximum atomic E-state index is 13.0. The standard InChI is InChI=1S/C12H9ClFN3O4S/c13-9-5-7(14)1-4-12(9)22(20,21)16-8-2-3-10(15)11(6-8)17(18)19/h1-6,16H,15H2. The van der Waals surface area contributed by atoms with E-state index in [-0.39, 0.29) is 21.3 Å². The van der Waals surface area contributed by atoms with Crippen molar-refractivity contribution in [3.05, 3.63) is 57.4 Å². The van der Waals surface area contributed by atoms with Gasteiger partial charge >= 0.3 is 0 Å². The number of nitrogen functional groups attached to an aromatic ring is 1. The van der Waals surface area contributed by atoms with Crippen molar-refractivity contribution in [2.24, 2.45) is 0 Å². The van der Waals surface area contributed by atoms with Gasteiger partial charge in [0.25, 0.3) is 15.7 Å². The molecule has 7 nitrogen and oxygen atoms in total. The van der Waals surface area contributed by atoms with Crippen molar-refractivity contribution in [2.75, 3.05) is 10.5 Å². The highest BCUT2D eigenvalue weighted by atomic mass is 35.5. The fourth-order valence-electron chi connectivity index (χ4n) is 1.67. The molecule has 0 saturated heterocycles. The lowest BCUT2D eigenvalue weighted by atomic mass is 10.2. The van der Waals surface area contributed by atoms with Crippen LogP contribution in [0.15, 0.2) is 41.3 Å². The third-order valence-electron chi connectivity index (χ3n) is 2.66. The summed E-state index contributed by atoms with van der Waals surface area (Å²) in [5, 5.41) is 10.5. The van der Waals surface area contributed by atoms with E-state index < -0.39 is 26.5 Å². The van der Waals surface area contributed by atoms with Gasteiger partial charge < -0.3 is 5.73 Å². The van der Waals surface area contributed by atoms with Gasteiger partial charge in [-0.05, 0) is 30.3 Å². The van der Waals surface area contributed by atoms with Crippen LogP contribution in [0.4, 0.5) is 21.5 Å². The molecule has 22 heavy (non-hydrogen) atoms. The predicted octanol–water partition coefficient (Wildman–Crippen LogP) is 2.77. The summed E-state index contributed by atoms with van der Waals surface area (Å²) in [6.45, 7) is 0. The van der Waals surface area contributed by atoms with Gasteiger partial charge in [-0.3, -0.25) is 14.8 Å². The number of hydrogen-bond donors (Lipinski definition) is 2. The highest BCUT2D eigenvalue weighted by Crippen LogP contribution is 2.28. The second-order valence-corrected chi connectivity index (χ2v) is 6.27. The minimum atomic E-state index is -4.13. The topological polar surface area (TPSA) is 115 Å². The third-order valence-corrected chi connectivity index (χ3v) is 4.53. The van der Waals surface area contributed by atoms with E-state index in [9.17, 15) is 22.9 Å². The molecule has 0 aliphatic heterocycles. The van der Waals surface area contributed by atoms with Crippen molar-refractivity contribution in [3.63, 3.8) is 0 Å². The average Bonchev–Trinajstić information content (AvgIpc) is 2.39. The molecule has 2 rings (SSSR count). The second-order valence-electron chi connectivity index (χ2n) is 4.21. The minimum Gasteiger partial charge on any atom is -0.393 e. The fraction of sp³-hybridized carbons (Fsp3) is 0. The van der Waals surface area contributed by atoms with Crippen LogP contribution in [0, 0.1) is 15.9 Å². The molecule has 0 heterocycles. The largest absolute Gasteiger partial charge is 0.393 e. The Morgan fingerprint density at radius 2 is 1.91 bits per heavy atom. The van der Waals surface area contributed by atoms with E-state index in [1.54, 1.807) is 0 Å². The molecule has 2 aromatic carbocycles. The number of nitro groups is 1. The van der Waals surface area contributed by atoms with E-state index in [0.717, 1.165) is 24.3 Å². The van der Waals surface area contributed by atoms with E-state index in [0.29, 0.717) is 0 Å². The van der Waals surface area contributed by atoms with Gasteiger partial charge in [-0.15, -0.1) is 0 Å². The third kappa shape index (κ3) is 3.26. The first kappa shape index (κ1) is 16.0. The van der Waals surface area contributed by atoms with Crippen LogP contribution >= 0.6 is 11.6 Å². The molecule has 3 N–H and O–H groups in total. The second kappa shape index (κ2) is 5.78. The van der Waals surface area contributed by atoms with Crippen LogP contribution < -0.4 is 10.5 Å². The summed E-state index contributed by atoms with van der Waals surface area (Å²) in [5.41, 5.74) is 4.81. The molecule has 0 amide bonds. The van der Waals surface area contributed by atoms with Crippen molar-refractivity contribution in [1.82, 2.24) is 0 Å². The van der Waals surface area contributed by atoms with E-state index in [1.165, 1.54) is 12.1 Å². The zero-order chi connectivity index (χ0) is 16.5. The van der Waals surface area contributed by atoms with Gasteiger partial charge in [-0.2, -0.15) is 0 Å². The van der Waals surface area contributed by atoms with E-state index in [1.807, 2.05) is 0 Å². The van der Waals surface area contributed by atoms with Gasteiger partial charge in [0.15, 0.2) is 0 Å². The summed E-state index contributed by atoms with van der Waals surface area (Å²) in [6, 6.07) is 6.21. The molecule has 0 aliphatic carbocycles. The Hall–Kier alpha value is -2.39. The van der Waals surface area contributed by atoms with E-state index in [2.05, 4.69) is 4.72 Å². The molecule has 0 aliphatic rings. The highest BCUT2D eigenvalue weighted by Gasteiger charge is 2.20. The van der Waals surface area contributed by atoms with Crippen molar-refractivity contribution in [3.8, 4) is 0 Å². The van der Waals surface area contributed by atoms with Crippen LogP contribution in [0.1, 0.15) is 0 Å². The maximum Gasteiger partial charge on any atom is 0.294 e. The molecular formula is C12H9ClFN3O4S. The van der Waals surface area contributed by atoms with Gasteiger partial charge in [-0.25, -0.2) is 12.8 Å². The van der Waals surface area contributed by atoms with Crippen LogP contribution in [0.25, 0.3) is 0 Å². The monoisotopic (exact) mass is 345 g/mol. The Bertz CT molecular complexity index is 857. The van der Waals surface area contributed by atoms with Crippen molar-refractivity contribution in [1.29, 1.82) is 0 Å². The van der Waals surface area contributed by atoms with Crippen LogP contribution in [-0.2, 0) is 10.0 Å². The van der Waals surface area contributed by atoms with Crippen LogP contribution in [-0.4, -0.2) is 13.3 Å². The summed E-state index contributed by atoms with van der Waals surface area (Å²) >= 11 is 5.70. The van der Waals surface area contributed by atoms with Gasteiger partial charge in [0, 0.05) is 6.07 Å².